The fraction of sp³-hybridized carbons (Fsp3) is 0.600. The Morgan fingerprint density at radius 2 is 1.85 bits per heavy atom. The Morgan fingerprint density at radius 1 is 1.12 bits per heavy atom. The fourth-order valence-corrected chi connectivity index (χ4v) is 3.96. The van der Waals surface area contributed by atoms with Crippen molar-refractivity contribution in [2.45, 2.75) is 38.3 Å². The van der Waals surface area contributed by atoms with Crippen LogP contribution in [0.1, 0.15) is 25.3 Å². The molecule has 6 heteroatoms. The molecule has 0 bridgehead atoms. The van der Waals surface area contributed by atoms with E-state index < -0.39 is 0 Å². The van der Waals surface area contributed by atoms with Crippen molar-refractivity contribution in [2.75, 3.05) is 44.2 Å². The van der Waals surface area contributed by atoms with Gasteiger partial charge in [0.2, 0.25) is 11.8 Å². The average Bonchev–Trinajstić information content (AvgIpc) is 3.36. The van der Waals surface area contributed by atoms with E-state index in [1.807, 2.05) is 30.0 Å². The molecule has 0 radical (unpaired) electrons. The Labute approximate surface area is 155 Å². The lowest BCUT2D eigenvalue weighted by Crippen LogP contribution is -2.55. The Kier molecular flexibility index (Phi) is 4.96. The molecule has 26 heavy (non-hydrogen) atoms. The molecule has 1 saturated carbocycles. The molecule has 3 aliphatic rings. The molecule has 1 saturated heterocycles. The molecule has 140 valence electrons. The van der Waals surface area contributed by atoms with Gasteiger partial charge < -0.3 is 10.2 Å². The van der Waals surface area contributed by atoms with Crippen LogP contribution in [0.5, 0.6) is 0 Å². The van der Waals surface area contributed by atoms with Gasteiger partial charge in [0.1, 0.15) is 0 Å². The number of carbonyl (C=O) groups excluding carboxylic acids is 2. The van der Waals surface area contributed by atoms with Gasteiger partial charge in [-0.05, 0) is 37.8 Å². The summed E-state index contributed by atoms with van der Waals surface area (Å²) < 4.78 is 0. The van der Waals surface area contributed by atoms with E-state index in [0.717, 1.165) is 57.7 Å². The van der Waals surface area contributed by atoms with Crippen LogP contribution in [0, 0.1) is 0 Å². The molecule has 0 aromatic heterocycles. The molecule has 2 amide bonds. The molecule has 1 aromatic carbocycles. The third kappa shape index (κ3) is 3.76. The van der Waals surface area contributed by atoms with E-state index in [9.17, 15) is 9.59 Å². The number of carbonyl (C=O) groups is 2. The van der Waals surface area contributed by atoms with Gasteiger partial charge in [-0.3, -0.25) is 19.4 Å². The van der Waals surface area contributed by atoms with Crippen LogP contribution in [0.2, 0.25) is 0 Å². The number of benzene rings is 1. The smallest absolute Gasteiger partial charge is 0.244 e. The highest BCUT2D eigenvalue weighted by molar-refractivity contribution is 5.98. The summed E-state index contributed by atoms with van der Waals surface area (Å²) in [5.41, 5.74) is 2.33. The lowest BCUT2D eigenvalue weighted by atomic mass is 10.1. The summed E-state index contributed by atoms with van der Waals surface area (Å²) >= 11 is 0. The summed E-state index contributed by atoms with van der Waals surface area (Å²) in [6.45, 7) is 6.62. The summed E-state index contributed by atoms with van der Waals surface area (Å²) in [7, 11) is 0. The highest BCUT2D eigenvalue weighted by Crippen LogP contribution is 2.28. The van der Waals surface area contributed by atoms with Crippen molar-refractivity contribution in [1.82, 2.24) is 15.1 Å². The van der Waals surface area contributed by atoms with Crippen LogP contribution in [0.3, 0.4) is 0 Å². The van der Waals surface area contributed by atoms with Gasteiger partial charge in [-0.25, -0.2) is 0 Å². The average molecular weight is 356 g/mol. The SMILES string of the molecule is C[C@@H](C(=O)N1CCc2ccccc21)N1CCN(CC(=O)NC2CC2)CC1. The van der Waals surface area contributed by atoms with E-state index in [2.05, 4.69) is 21.2 Å². The van der Waals surface area contributed by atoms with Crippen molar-refractivity contribution in [3.05, 3.63) is 29.8 Å². The monoisotopic (exact) mass is 356 g/mol. The molecule has 0 unspecified atom stereocenters. The number of piperazine rings is 1. The largest absolute Gasteiger partial charge is 0.352 e. The van der Waals surface area contributed by atoms with Crippen LogP contribution >= 0.6 is 0 Å². The number of nitrogens with zero attached hydrogens (tertiary/aromatic N) is 3. The van der Waals surface area contributed by atoms with E-state index in [1.165, 1.54) is 5.56 Å². The van der Waals surface area contributed by atoms with Gasteiger partial charge >= 0.3 is 0 Å². The summed E-state index contributed by atoms with van der Waals surface area (Å²) in [5, 5.41) is 3.04. The molecule has 2 aliphatic heterocycles. The van der Waals surface area contributed by atoms with Crippen molar-refractivity contribution in [3.8, 4) is 0 Å². The molecule has 1 aromatic rings. The summed E-state index contributed by atoms with van der Waals surface area (Å²) in [5.74, 6) is 0.327. The van der Waals surface area contributed by atoms with Crippen LogP contribution in [-0.4, -0.2) is 73.0 Å². The van der Waals surface area contributed by atoms with E-state index in [4.69, 9.17) is 0 Å². The Bertz CT molecular complexity index is 680. The summed E-state index contributed by atoms with van der Waals surface area (Å²) in [6, 6.07) is 8.49. The van der Waals surface area contributed by atoms with Crippen LogP contribution < -0.4 is 10.2 Å². The van der Waals surface area contributed by atoms with Crippen molar-refractivity contribution in [2.24, 2.45) is 0 Å². The van der Waals surface area contributed by atoms with Gasteiger partial charge in [-0.1, -0.05) is 18.2 Å². The molecule has 1 N–H and O–H groups in total. The first kappa shape index (κ1) is 17.5. The summed E-state index contributed by atoms with van der Waals surface area (Å²) in [6.07, 6.45) is 3.19. The Morgan fingerprint density at radius 3 is 2.58 bits per heavy atom. The number of rotatable bonds is 5. The van der Waals surface area contributed by atoms with Gasteiger partial charge in [0.05, 0.1) is 12.6 Å². The maximum atomic E-state index is 13.0. The van der Waals surface area contributed by atoms with E-state index >= 15 is 0 Å². The van der Waals surface area contributed by atoms with Crippen LogP contribution in [0.25, 0.3) is 0 Å². The molecule has 2 fully saturated rings. The topological polar surface area (TPSA) is 55.9 Å². The first-order valence-electron chi connectivity index (χ1n) is 9.77. The molecular weight excluding hydrogens is 328 g/mol. The Hall–Kier alpha value is -1.92. The minimum atomic E-state index is -0.122. The maximum Gasteiger partial charge on any atom is 0.244 e. The molecule has 2 heterocycles. The van der Waals surface area contributed by atoms with Crippen molar-refractivity contribution >= 4 is 17.5 Å². The predicted octanol–water partition coefficient (Wildman–Crippen LogP) is 0.860. The first-order chi connectivity index (χ1) is 12.6. The molecule has 1 atom stereocenters. The Balaban J connectivity index is 1.28. The standard InChI is InChI=1S/C20H28N4O2/c1-15(20(26)24-9-8-16-4-2-3-5-18(16)24)23-12-10-22(11-13-23)14-19(25)21-17-6-7-17/h2-5,15,17H,6-14H2,1H3,(H,21,25)/t15-/m0/s1. The number of hydrogen-bond donors (Lipinski definition) is 1. The summed E-state index contributed by atoms with van der Waals surface area (Å²) in [4.78, 5) is 31.3. The highest BCUT2D eigenvalue weighted by atomic mass is 16.2. The molecule has 4 rings (SSSR count). The van der Waals surface area contributed by atoms with E-state index in [0.29, 0.717) is 12.6 Å². The zero-order valence-electron chi connectivity index (χ0n) is 15.5. The van der Waals surface area contributed by atoms with E-state index in [1.54, 1.807) is 0 Å². The third-order valence-corrected chi connectivity index (χ3v) is 5.77. The second kappa shape index (κ2) is 7.37. The lowest BCUT2D eigenvalue weighted by Gasteiger charge is -2.38. The number of nitrogens with one attached hydrogen (secondary N) is 1. The zero-order chi connectivity index (χ0) is 18.1. The fourth-order valence-electron chi connectivity index (χ4n) is 3.96. The van der Waals surface area contributed by atoms with Crippen LogP contribution in [0.15, 0.2) is 24.3 Å². The second-order valence-corrected chi connectivity index (χ2v) is 7.70. The van der Waals surface area contributed by atoms with E-state index in [-0.39, 0.29) is 17.9 Å². The lowest BCUT2D eigenvalue weighted by molar-refractivity contribution is -0.126. The molecule has 0 spiro atoms. The normalized spacial score (nSPS) is 22.1. The molecule has 1 aliphatic carbocycles. The van der Waals surface area contributed by atoms with Gasteiger partial charge in [-0.2, -0.15) is 0 Å². The van der Waals surface area contributed by atoms with Crippen LogP contribution in [-0.2, 0) is 16.0 Å². The second-order valence-electron chi connectivity index (χ2n) is 7.70. The predicted molar refractivity (Wildman–Crippen MR) is 101 cm³/mol. The van der Waals surface area contributed by atoms with Crippen molar-refractivity contribution in [3.63, 3.8) is 0 Å². The number of anilines is 1. The number of amides is 2. The first-order valence-corrected chi connectivity index (χ1v) is 9.77. The number of hydrogen-bond acceptors (Lipinski definition) is 4. The van der Waals surface area contributed by atoms with Gasteiger partial charge in [0.25, 0.3) is 0 Å². The zero-order valence-corrected chi connectivity index (χ0v) is 15.5. The molecular formula is C20H28N4O2. The highest BCUT2D eigenvalue weighted by Gasteiger charge is 2.32. The van der Waals surface area contributed by atoms with Crippen LogP contribution in [0.4, 0.5) is 5.69 Å². The van der Waals surface area contributed by atoms with Crippen molar-refractivity contribution in [1.29, 1.82) is 0 Å². The molecule has 6 nitrogen and oxygen atoms in total. The van der Waals surface area contributed by atoms with Gasteiger partial charge in [0.15, 0.2) is 0 Å². The number of para-hydroxylation sites is 1. The third-order valence-electron chi connectivity index (χ3n) is 5.77. The number of fused-ring (bicyclic) bond motifs is 1. The van der Waals surface area contributed by atoms with Gasteiger partial charge in [-0.15, -0.1) is 0 Å². The minimum absolute atomic E-state index is 0.122. The van der Waals surface area contributed by atoms with Gasteiger partial charge in [0, 0.05) is 44.5 Å². The van der Waals surface area contributed by atoms with Crippen molar-refractivity contribution < 1.29 is 9.59 Å². The minimum Gasteiger partial charge on any atom is -0.352 e. The quantitative estimate of drug-likeness (QED) is 0.850. The maximum absolute atomic E-state index is 13.0.